The van der Waals surface area contributed by atoms with Gasteiger partial charge in [0.15, 0.2) is 6.29 Å². The molecule has 0 radical (unpaired) electrons. The minimum atomic E-state index is -0.358. The Kier molecular flexibility index (Phi) is 3.79. The van der Waals surface area contributed by atoms with Gasteiger partial charge in [-0.25, -0.2) is 4.98 Å². The van der Waals surface area contributed by atoms with E-state index in [1.54, 1.807) is 13.0 Å². The van der Waals surface area contributed by atoms with Gasteiger partial charge in [0.25, 0.3) is 0 Å². The summed E-state index contributed by atoms with van der Waals surface area (Å²) in [5.41, 5.74) is 6.31. The first-order valence-corrected chi connectivity index (χ1v) is 4.53. The molecule has 0 aliphatic heterocycles. The van der Waals surface area contributed by atoms with Crippen LogP contribution in [0.25, 0.3) is 0 Å². The van der Waals surface area contributed by atoms with Crippen LogP contribution < -0.4 is 5.73 Å². The topological polar surface area (TPSA) is 82.3 Å². The molecule has 0 aliphatic rings. The van der Waals surface area contributed by atoms with Gasteiger partial charge in [0.2, 0.25) is 0 Å². The summed E-state index contributed by atoms with van der Waals surface area (Å²) in [6.07, 6.45) is 0.688. The maximum atomic E-state index is 11.1. The van der Waals surface area contributed by atoms with Crippen LogP contribution >= 0.6 is 0 Å². The van der Waals surface area contributed by atoms with Crippen molar-refractivity contribution in [2.45, 2.75) is 13.3 Å². The van der Waals surface area contributed by atoms with Crippen molar-refractivity contribution in [1.29, 1.82) is 0 Å². The van der Waals surface area contributed by atoms with Crippen molar-refractivity contribution in [1.82, 2.24) is 4.98 Å². The Bertz CT molecular complexity index is 377. The Balaban J connectivity index is 2.75. The van der Waals surface area contributed by atoms with Gasteiger partial charge < -0.3 is 10.5 Å². The van der Waals surface area contributed by atoms with Gasteiger partial charge >= 0.3 is 5.97 Å². The van der Waals surface area contributed by atoms with Crippen LogP contribution in [0.1, 0.15) is 23.0 Å². The molecule has 0 aliphatic carbocycles. The summed E-state index contributed by atoms with van der Waals surface area (Å²) in [7, 11) is 0. The number of nitrogens with zero attached hydrogens (tertiary/aromatic N) is 1. The number of carbonyl (C=O) groups is 2. The number of nitrogens with two attached hydrogens (primary N) is 1. The van der Waals surface area contributed by atoms with Gasteiger partial charge in [-0.15, -0.1) is 0 Å². The summed E-state index contributed by atoms with van der Waals surface area (Å²) in [4.78, 5) is 25.5. The molecule has 0 unspecified atom stereocenters. The number of aromatic nitrogens is 1. The number of esters is 1. The van der Waals surface area contributed by atoms with Gasteiger partial charge in [-0.3, -0.25) is 9.59 Å². The second kappa shape index (κ2) is 5.09. The molecule has 0 bridgehead atoms. The van der Waals surface area contributed by atoms with Crippen molar-refractivity contribution in [2.24, 2.45) is 0 Å². The van der Waals surface area contributed by atoms with Gasteiger partial charge in [-0.05, 0) is 19.1 Å². The maximum absolute atomic E-state index is 11.1. The Labute approximate surface area is 87.3 Å². The SMILES string of the molecule is CCOC(=O)Cc1ccc(C=O)c(N)n1. The molecule has 1 rings (SSSR count). The molecule has 5 nitrogen and oxygen atoms in total. The molecular weight excluding hydrogens is 196 g/mol. The van der Waals surface area contributed by atoms with Gasteiger partial charge in [-0.1, -0.05) is 0 Å². The monoisotopic (exact) mass is 208 g/mol. The number of anilines is 1. The lowest BCUT2D eigenvalue weighted by molar-refractivity contribution is -0.142. The van der Waals surface area contributed by atoms with E-state index in [2.05, 4.69) is 4.98 Å². The number of nitrogen functional groups attached to an aromatic ring is 1. The van der Waals surface area contributed by atoms with Crippen LogP contribution in [0.3, 0.4) is 0 Å². The predicted molar refractivity (Wildman–Crippen MR) is 54.4 cm³/mol. The first-order valence-electron chi connectivity index (χ1n) is 4.53. The van der Waals surface area contributed by atoms with Crippen molar-refractivity contribution < 1.29 is 14.3 Å². The highest BCUT2D eigenvalue weighted by Gasteiger charge is 2.07. The summed E-state index contributed by atoms with van der Waals surface area (Å²) >= 11 is 0. The third kappa shape index (κ3) is 3.05. The lowest BCUT2D eigenvalue weighted by Crippen LogP contribution is -2.10. The van der Waals surface area contributed by atoms with Crippen molar-refractivity contribution >= 4 is 18.1 Å². The Morgan fingerprint density at radius 1 is 1.60 bits per heavy atom. The first-order chi connectivity index (χ1) is 7.17. The molecule has 80 valence electrons. The smallest absolute Gasteiger partial charge is 0.311 e. The molecule has 0 saturated carbocycles. The Morgan fingerprint density at radius 3 is 2.87 bits per heavy atom. The molecule has 5 heteroatoms. The van der Waals surface area contributed by atoms with Crippen molar-refractivity contribution in [3.05, 3.63) is 23.4 Å². The van der Waals surface area contributed by atoms with E-state index >= 15 is 0 Å². The zero-order valence-corrected chi connectivity index (χ0v) is 8.40. The zero-order chi connectivity index (χ0) is 11.3. The molecule has 1 aromatic heterocycles. The van der Waals surface area contributed by atoms with E-state index in [1.165, 1.54) is 6.07 Å². The number of hydrogen-bond acceptors (Lipinski definition) is 5. The fourth-order valence-electron chi connectivity index (χ4n) is 1.09. The van der Waals surface area contributed by atoms with Crippen molar-refractivity contribution in [2.75, 3.05) is 12.3 Å². The number of ether oxygens (including phenoxy) is 1. The molecule has 0 fully saturated rings. The minimum absolute atomic E-state index is 0.0666. The highest BCUT2D eigenvalue weighted by Crippen LogP contribution is 2.08. The molecular formula is C10H12N2O3. The summed E-state index contributed by atoms with van der Waals surface area (Å²) < 4.78 is 4.75. The number of hydrogen-bond donors (Lipinski definition) is 1. The van der Waals surface area contributed by atoms with Gasteiger partial charge in [0.05, 0.1) is 24.3 Å². The molecule has 1 heterocycles. The second-order valence-electron chi connectivity index (χ2n) is 2.88. The molecule has 0 spiro atoms. The van der Waals surface area contributed by atoms with Crippen molar-refractivity contribution in [3.63, 3.8) is 0 Å². The van der Waals surface area contributed by atoms with Crippen LogP contribution in [0.2, 0.25) is 0 Å². The lowest BCUT2D eigenvalue weighted by Gasteiger charge is -2.03. The first kappa shape index (κ1) is 11.2. The number of carbonyl (C=O) groups excluding carboxylic acids is 2. The van der Waals surface area contributed by atoms with E-state index < -0.39 is 0 Å². The van der Waals surface area contributed by atoms with Gasteiger partial charge in [-0.2, -0.15) is 0 Å². The number of aldehydes is 1. The van der Waals surface area contributed by atoms with Gasteiger partial charge in [0.1, 0.15) is 5.82 Å². The molecule has 0 saturated heterocycles. The normalized spacial score (nSPS) is 9.67. The van der Waals surface area contributed by atoms with Crippen LogP contribution in [-0.4, -0.2) is 23.8 Å². The molecule has 0 aromatic carbocycles. The Hall–Kier alpha value is -1.91. The Morgan fingerprint density at radius 2 is 2.33 bits per heavy atom. The average Bonchev–Trinajstić information content (AvgIpc) is 2.18. The average molecular weight is 208 g/mol. The molecule has 0 atom stereocenters. The maximum Gasteiger partial charge on any atom is 0.311 e. The third-order valence-electron chi connectivity index (χ3n) is 1.77. The summed E-state index contributed by atoms with van der Waals surface area (Å²) in [6.45, 7) is 2.07. The standard InChI is InChI=1S/C10H12N2O3/c1-2-15-9(14)5-8-4-3-7(6-13)10(11)12-8/h3-4,6H,2,5H2,1H3,(H2,11,12). The number of pyridine rings is 1. The van der Waals surface area contributed by atoms with E-state index in [9.17, 15) is 9.59 Å². The highest BCUT2D eigenvalue weighted by atomic mass is 16.5. The zero-order valence-electron chi connectivity index (χ0n) is 8.40. The fourth-order valence-corrected chi connectivity index (χ4v) is 1.09. The van der Waals surface area contributed by atoms with Crippen LogP contribution in [0.15, 0.2) is 12.1 Å². The quantitative estimate of drug-likeness (QED) is 0.578. The summed E-state index contributed by atoms with van der Waals surface area (Å²) in [6, 6.07) is 3.11. The number of rotatable bonds is 4. The van der Waals surface area contributed by atoms with Crippen LogP contribution in [0.4, 0.5) is 5.82 Å². The second-order valence-corrected chi connectivity index (χ2v) is 2.88. The van der Waals surface area contributed by atoms with Crippen LogP contribution in [0, 0.1) is 0 Å². The molecule has 0 amide bonds. The molecule has 1 aromatic rings. The highest BCUT2D eigenvalue weighted by molar-refractivity contribution is 5.81. The van der Waals surface area contributed by atoms with Gasteiger partial charge in [0, 0.05) is 0 Å². The van der Waals surface area contributed by atoms with E-state index in [-0.39, 0.29) is 18.2 Å². The summed E-state index contributed by atoms with van der Waals surface area (Å²) in [5.74, 6) is -0.227. The van der Waals surface area contributed by atoms with E-state index in [0.29, 0.717) is 24.2 Å². The minimum Gasteiger partial charge on any atom is -0.466 e. The molecule has 2 N–H and O–H groups in total. The van der Waals surface area contributed by atoms with E-state index in [0.717, 1.165) is 0 Å². The largest absolute Gasteiger partial charge is 0.466 e. The van der Waals surface area contributed by atoms with E-state index in [1.807, 2.05) is 0 Å². The molecule has 15 heavy (non-hydrogen) atoms. The van der Waals surface area contributed by atoms with Crippen molar-refractivity contribution in [3.8, 4) is 0 Å². The van der Waals surface area contributed by atoms with E-state index in [4.69, 9.17) is 10.5 Å². The lowest BCUT2D eigenvalue weighted by atomic mass is 10.2. The van der Waals surface area contributed by atoms with Crippen LogP contribution in [-0.2, 0) is 16.0 Å². The predicted octanol–water partition coefficient (Wildman–Crippen LogP) is 0.582. The summed E-state index contributed by atoms with van der Waals surface area (Å²) in [5, 5.41) is 0. The fraction of sp³-hybridized carbons (Fsp3) is 0.300. The van der Waals surface area contributed by atoms with Crippen LogP contribution in [0.5, 0.6) is 0 Å². The third-order valence-corrected chi connectivity index (χ3v) is 1.77.